The van der Waals surface area contributed by atoms with Crippen LogP contribution < -0.4 is 10.2 Å². The summed E-state index contributed by atoms with van der Waals surface area (Å²) in [5.41, 5.74) is 1.07. The molecule has 2 aromatic heterocycles. The number of carbonyl (C=O) groups excluding carboxylic acids is 2. The number of fused-ring (bicyclic) bond motifs is 3. The van der Waals surface area contributed by atoms with Gasteiger partial charge in [-0.1, -0.05) is 29.3 Å². The van der Waals surface area contributed by atoms with Crippen molar-refractivity contribution in [1.82, 2.24) is 9.97 Å². The van der Waals surface area contributed by atoms with Crippen molar-refractivity contribution >= 4 is 46.4 Å². The molecule has 0 bridgehead atoms. The number of nitrogens with zero attached hydrogens (tertiary/aromatic N) is 3. The van der Waals surface area contributed by atoms with Gasteiger partial charge in [0.05, 0.1) is 23.4 Å². The highest BCUT2D eigenvalue weighted by atomic mass is 35.5. The fraction of sp³-hybridized carbons (Fsp3) is 0.143. The summed E-state index contributed by atoms with van der Waals surface area (Å²) in [6.07, 6.45) is -3.04. The summed E-state index contributed by atoms with van der Waals surface area (Å²) < 4.78 is 38.2. The molecule has 0 aliphatic carbocycles. The van der Waals surface area contributed by atoms with E-state index in [0.717, 1.165) is 24.3 Å². The van der Waals surface area contributed by atoms with E-state index < -0.39 is 30.1 Å². The Bertz CT molecular complexity index is 1220. The standard InChI is InChI=1S/C21H13Cl2F3N4O2/c22-16-9-15-19(20(23)29-16)13-2-1-7-27-14(13)8-18(32)30(15)10-17(31)28-12-5-3-11(4-6-12)21(24,25)26/h1-7,9H,8,10H2,(H,28,31). The van der Waals surface area contributed by atoms with Gasteiger partial charge in [-0.2, -0.15) is 13.2 Å². The third-order valence-corrected chi connectivity index (χ3v) is 5.26. The average molecular weight is 481 g/mol. The van der Waals surface area contributed by atoms with Crippen molar-refractivity contribution in [2.45, 2.75) is 12.6 Å². The number of carbonyl (C=O) groups is 2. The van der Waals surface area contributed by atoms with E-state index in [1.807, 2.05) is 0 Å². The quantitative estimate of drug-likeness (QED) is 0.535. The molecule has 32 heavy (non-hydrogen) atoms. The van der Waals surface area contributed by atoms with E-state index in [4.69, 9.17) is 23.2 Å². The number of hydrogen-bond acceptors (Lipinski definition) is 4. The van der Waals surface area contributed by atoms with Crippen molar-refractivity contribution in [2.75, 3.05) is 16.8 Å². The topological polar surface area (TPSA) is 75.2 Å². The SMILES string of the molecule is O=C(CN1C(=O)Cc2ncccc2-c2c1cc(Cl)nc2Cl)Nc1ccc(C(F)(F)F)cc1. The molecule has 0 unspecified atom stereocenters. The fourth-order valence-electron chi connectivity index (χ4n) is 3.37. The lowest BCUT2D eigenvalue weighted by Gasteiger charge is -2.23. The van der Waals surface area contributed by atoms with Crippen LogP contribution in [0.3, 0.4) is 0 Å². The van der Waals surface area contributed by atoms with Gasteiger partial charge in [-0.15, -0.1) is 0 Å². The van der Waals surface area contributed by atoms with Crippen molar-refractivity contribution in [3.63, 3.8) is 0 Å². The maximum Gasteiger partial charge on any atom is 0.416 e. The molecular weight excluding hydrogens is 468 g/mol. The predicted molar refractivity (Wildman–Crippen MR) is 114 cm³/mol. The Labute approximate surface area is 190 Å². The van der Waals surface area contributed by atoms with E-state index in [2.05, 4.69) is 15.3 Å². The van der Waals surface area contributed by atoms with E-state index in [1.165, 1.54) is 17.2 Å². The van der Waals surface area contributed by atoms with E-state index in [0.29, 0.717) is 16.8 Å². The molecule has 1 aliphatic rings. The first kappa shape index (κ1) is 22.0. The number of amides is 2. The molecule has 2 amide bonds. The number of hydrogen-bond donors (Lipinski definition) is 1. The van der Waals surface area contributed by atoms with Crippen molar-refractivity contribution in [3.05, 3.63) is 70.2 Å². The van der Waals surface area contributed by atoms with Crippen LogP contribution >= 0.6 is 23.2 Å². The first-order valence-electron chi connectivity index (χ1n) is 9.21. The van der Waals surface area contributed by atoms with Gasteiger partial charge < -0.3 is 10.2 Å². The highest BCUT2D eigenvalue weighted by molar-refractivity contribution is 6.35. The second-order valence-corrected chi connectivity index (χ2v) is 7.65. The van der Waals surface area contributed by atoms with Crippen LogP contribution in [0, 0.1) is 0 Å². The lowest BCUT2D eigenvalue weighted by Crippen LogP contribution is -2.38. The third kappa shape index (κ3) is 4.39. The summed E-state index contributed by atoms with van der Waals surface area (Å²) in [5, 5.41) is 2.57. The molecule has 1 N–H and O–H groups in total. The summed E-state index contributed by atoms with van der Waals surface area (Å²) in [6, 6.07) is 8.83. The molecule has 4 rings (SSSR count). The zero-order chi connectivity index (χ0) is 23.0. The number of benzene rings is 1. The van der Waals surface area contributed by atoms with Gasteiger partial charge in [0.25, 0.3) is 0 Å². The maximum atomic E-state index is 13.0. The molecular formula is C21H13Cl2F3N4O2. The number of halogens is 5. The summed E-state index contributed by atoms with van der Waals surface area (Å²) in [6.45, 7) is -0.419. The van der Waals surface area contributed by atoms with Gasteiger partial charge in [0, 0.05) is 29.1 Å². The molecule has 6 nitrogen and oxygen atoms in total. The largest absolute Gasteiger partial charge is 0.416 e. The number of pyridine rings is 2. The third-order valence-electron chi connectivity index (χ3n) is 4.79. The minimum Gasteiger partial charge on any atom is -0.325 e. The smallest absolute Gasteiger partial charge is 0.325 e. The number of nitrogens with one attached hydrogen (secondary N) is 1. The molecule has 0 atom stereocenters. The van der Waals surface area contributed by atoms with Gasteiger partial charge in [-0.3, -0.25) is 14.6 Å². The molecule has 3 aromatic rings. The van der Waals surface area contributed by atoms with Gasteiger partial charge in [0.15, 0.2) is 0 Å². The van der Waals surface area contributed by atoms with E-state index >= 15 is 0 Å². The van der Waals surface area contributed by atoms with Crippen molar-refractivity contribution in [1.29, 1.82) is 0 Å². The number of aromatic nitrogens is 2. The predicted octanol–water partition coefficient (Wildman–Crippen LogP) is 5.00. The van der Waals surface area contributed by atoms with Crippen LogP contribution in [0.1, 0.15) is 11.3 Å². The Morgan fingerprint density at radius 1 is 1.16 bits per heavy atom. The van der Waals surface area contributed by atoms with Gasteiger partial charge in [-0.25, -0.2) is 4.98 Å². The first-order chi connectivity index (χ1) is 15.1. The average Bonchev–Trinajstić information content (AvgIpc) is 2.82. The molecule has 0 saturated heterocycles. The van der Waals surface area contributed by atoms with Crippen molar-refractivity contribution in [2.24, 2.45) is 0 Å². The zero-order valence-corrected chi connectivity index (χ0v) is 17.6. The van der Waals surface area contributed by atoms with Crippen LogP contribution in [0.25, 0.3) is 11.1 Å². The van der Waals surface area contributed by atoms with Gasteiger partial charge in [0.1, 0.15) is 16.9 Å². The molecule has 11 heteroatoms. The molecule has 0 saturated carbocycles. The Morgan fingerprint density at radius 2 is 1.88 bits per heavy atom. The maximum absolute atomic E-state index is 13.0. The van der Waals surface area contributed by atoms with Crippen LogP contribution in [0.15, 0.2) is 48.7 Å². The Kier molecular flexibility index (Phi) is 5.79. The fourth-order valence-corrected chi connectivity index (χ4v) is 3.89. The molecule has 0 spiro atoms. The van der Waals surface area contributed by atoms with Crippen LogP contribution in [-0.2, 0) is 22.2 Å². The van der Waals surface area contributed by atoms with Crippen LogP contribution in [0.5, 0.6) is 0 Å². The van der Waals surface area contributed by atoms with Gasteiger partial charge >= 0.3 is 6.18 Å². The molecule has 0 fully saturated rings. The highest BCUT2D eigenvalue weighted by Crippen LogP contribution is 2.41. The van der Waals surface area contributed by atoms with Gasteiger partial charge in [-0.05, 0) is 30.3 Å². The van der Waals surface area contributed by atoms with Crippen LogP contribution in [0.4, 0.5) is 24.5 Å². The summed E-state index contributed by atoms with van der Waals surface area (Å²) >= 11 is 12.4. The monoisotopic (exact) mass is 480 g/mol. The van der Waals surface area contributed by atoms with Gasteiger partial charge in [0.2, 0.25) is 11.8 Å². The summed E-state index contributed by atoms with van der Waals surface area (Å²) in [4.78, 5) is 35.1. The first-order valence-corrected chi connectivity index (χ1v) is 9.97. The lowest BCUT2D eigenvalue weighted by molar-refractivity contribution is -0.137. The number of rotatable bonds is 3. The molecule has 0 radical (unpaired) electrons. The second kappa shape index (κ2) is 8.40. The van der Waals surface area contributed by atoms with Crippen LogP contribution in [-0.4, -0.2) is 28.3 Å². The van der Waals surface area contributed by atoms with Crippen LogP contribution in [0.2, 0.25) is 10.3 Å². The van der Waals surface area contributed by atoms with E-state index in [9.17, 15) is 22.8 Å². The number of anilines is 2. The minimum absolute atomic E-state index is 0.0297. The molecule has 1 aromatic carbocycles. The van der Waals surface area contributed by atoms with E-state index in [1.54, 1.807) is 12.1 Å². The lowest BCUT2D eigenvalue weighted by atomic mass is 10.0. The molecule has 3 heterocycles. The minimum atomic E-state index is -4.49. The summed E-state index contributed by atoms with van der Waals surface area (Å²) in [5.74, 6) is -1.04. The molecule has 164 valence electrons. The molecule has 1 aliphatic heterocycles. The second-order valence-electron chi connectivity index (χ2n) is 6.91. The van der Waals surface area contributed by atoms with Crippen molar-refractivity contribution < 1.29 is 22.8 Å². The zero-order valence-electron chi connectivity index (χ0n) is 16.1. The Hall–Kier alpha value is -3.17. The Morgan fingerprint density at radius 3 is 2.56 bits per heavy atom. The summed E-state index contributed by atoms with van der Waals surface area (Å²) in [7, 11) is 0. The normalized spacial score (nSPS) is 13.3. The highest BCUT2D eigenvalue weighted by Gasteiger charge is 2.31. The van der Waals surface area contributed by atoms with Crippen molar-refractivity contribution in [3.8, 4) is 11.1 Å². The Balaban J connectivity index is 1.64. The van der Waals surface area contributed by atoms with E-state index in [-0.39, 0.29) is 28.1 Å². The number of alkyl halides is 3.